The molecule has 1 N–H and O–H groups in total. The molecule has 0 unspecified atom stereocenters. The average molecular weight is 353 g/mol. The van der Waals surface area contributed by atoms with E-state index in [-0.39, 0.29) is 18.6 Å². The van der Waals surface area contributed by atoms with Crippen molar-refractivity contribution in [2.45, 2.75) is 25.3 Å². The second-order valence-electron chi connectivity index (χ2n) is 6.22. The van der Waals surface area contributed by atoms with Crippen LogP contribution in [0, 0.1) is 0 Å². The van der Waals surface area contributed by atoms with Crippen LogP contribution in [0.5, 0.6) is 5.75 Å². The van der Waals surface area contributed by atoms with Gasteiger partial charge in [0.2, 0.25) is 0 Å². The van der Waals surface area contributed by atoms with Crippen molar-refractivity contribution in [1.29, 1.82) is 0 Å². The highest BCUT2D eigenvalue weighted by Gasteiger charge is 2.24. The Morgan fingerprint density at radius 2 is 2.19 bits per heavy atom. The van der Waals surface area contributed by atoms with Gasteiger partial charge in [0.25, 0.3) is 5.91 Å². The first-order chi connectivity index (χ1) is 12.7. The zero-order valence-corrected chi connectivity index (χ0v) is 14.4. The van der Waals surface area contributed by atoms with Crippen molar-refractivity contribution in [2.75, 3.05) is 6.61 Å². The number of carbonyl (C=O) groups excluding carboxylic acids is 1. The van der Waals surface area contributed by atoms with E-state index in [1.54, 1.807) is 16.8 Å². The Kier molecular flexibility index (Phi) is 4.34. The number of carbonyl (C=O) groups is 1. The fourth-order valence-corrected chi connectivity index (χ4v) is 3.22. The van der Waals surface area contributed by atoms with E-state index in [0.29, 0.717) is 5.75 Å². The largest absolute Gasteiger partial charge is 0.484 e. The van der Waals surface area contributed by atoms with E-state index in [2.05, 4.69) is 25.9 Å². The fraction of sp³-hybridized carbons (Fsp3) is 0.353. The second kappa shape index (κ2) is 6.95. The molecule has 4 rings (SSSR count). The maximum atomic E-state index is 12.3. The molecule has 9 heteroatoms. The van der Waals surface area contributed by atoms with Gasteiger partial charge in [0.1, 0.15) is 12.1 Å². The summed E-state index contributed by atoms with van der Waals surface area (Å²) in [7, 11) is 1.94. The Bertz CT molecular complexity index is 886. The maximum absolute atomic E-state index is 12.3. The summed E-state index contributed by atoms with van der Waals surface area (Å²) in [6.07, 6.45) is 6.32. The number of benzene rings is 1. The van der Waals surface area contributed by atoms with E-state index in [1.807, 2.05) is 30.1 Å². The lowest BCUT2D eigenvalue weighted by Gasteiger charge is -2.23. The van der Waals surface area contributed by atoms with Crippen LogP contribution in [0.1, 0.15) is 30.1 Å². The summed E-state index contributed by atoms with van der Waals surface area (Å²) >= 11 is 0. The minimum Gasteiger partial charge on any atom is -0.484 e. The van der Waals surface area contributed by atoms with Gasteiger partial charge in [-0.1, -0.05) is 0 Å². The molecule has 3 aromatic rings. The first-order valence-corrected chi connectivity index (χ1v) is 8.47. The Morgan fingerprint density at radius 3 is 2.96 bits per heavy atom. The van der Waals surface area contributed by atoms with Crippen LogP contribution in [0.2, 0.25) is 0 Å². The van der Waals surface area contributed by atoms with Gasteiger partial charge in [0.15, 0.2) is 6.61 Å². The lowest BCUT2D eigenvalue weighted by atomic mass is 9.93. The molecule has 1 aliphatic carbocycles. The third-order valence-electron chi connectivity index (χ3n) is 4.53. The van der Waals surface area contributed by atoms with Crippen LogP contribution in [0.25, 0.3) is 5.69 Å². The molecule has 0 fully saturated rings. The minimum atomic E-state index is -0.142. The molecule has 0 saturated carbocycles. The van der Waals surface area contributed by atoms with Crippen molar-refractivity contribution < 1.29 is 9.53 Å². The molecule has 0 radical (unpaired) electrons. The SMILES string of the molecule is Cn1ncc2c1CCC[C@@H]2NC(=O)COc1ccc(-n2cnnn2)cc1. The molecule has 2 aromatic heterocycles. The summed E-state index contributed by atoms with van der Waals surface area (Å²) in [4.78, 5) is 12.3. The monoisotopic (exact) mass is 353 g/mol. The van der Waals surface area contributed by atoms with Crippen LogP contribution in [-0.4, -0.2) is 42.5 Å². The van der Waals surface area contributed by atoms with Gasteiger partial charge in [-0.15, -0.1) is 5.10 Å². The first kappa shape index (κ1) is 16.2. The van der Waals surface area contributed by atoms with E-state index < -0.39 is 0 Å². The molecular weight excluding hydrogens is 334 g/mol. The lowest BCUT2D eigenvalue weighted by Crippen LogP contribution is -2.34. The summed E-state index contributed by atoms with van der Waals surface area (Å²) < 4.78 is 9.01. The number of ether oxygens (including phenoxy) is 1. The number of fused-ring (bicyclic) bond motifs is 1. The molecule has 0 saturated heterocycles. The molecule has 1 aromatic carbocycles. The van der Waals surface area contributed by atoms with Gasteiger partial charge in [-0.25, -0.2) is 4.68 Å². The summed E-state index contributed by atoms with van der Waals surface area (Å²) in [5.74, 6) is 0.471. The third kappa shape index (κ3) is 3.28. The Morgan fingerprint density at radius 1 is 1.35 bits per heavy atom. The van der Waals surface area contributed by atoms with Gasteiger partial charge >= 0.3 is 0 Å². The number of tetrazole rings is 1. The van der Waals surface area contributed by atoms with Gasteiger partial charge < -0.3 is 10.1 Å². The second-order valence-corrected chi connectivity index (χ2v) is 6.22. The number of aromatic nitrogens is 6. The van der Waals surface area contributed by atoms with Gasteiger partial charge in [-0.3, -0.25) is 9.48 Å². The Labute approximate surface area is 150 Å². The molecular formula is C17H19N7O2. The molecule has 0 aliphatic heterocycles. The van der Waals surface area contributed by atoms with Gasteiger partial charge in [-0.05, 0) is 54.0 Å². The minimum absolute atomic E-state index is 0.00532. The van der Waals surface area contributed by atoms with Crippen molar-refractivity contribution in [3.05, 3.63) is 48.0 Å². The number of hydrogen-bond acceptors (Lipinski definition) is 6. The molecule has 0 spiro atoms. The van der Waals surface area contributed by atoms with Crippen LogP contribution < -0.4 is 10.1 Å². The highest BCUT2D eigenvalue weighted by Crippen LogP contribution is 2.29. The smallest absolute Gasteiger partial charge is 0.258 e. The third-order valence-corrected chi connectivity index (χ3v) is 4.53. The van der Waals surface area contributed by atoms with Crippen LogP contribution in [0.3, 0.4) is 0 Å². The fourth-order valence-electron chi connectivity index (χ4n) is 3.22. The average Bonchev–Trinajstić information content (AvgIpc) is 3.32. The Hall–Kier alpha value is -3.23. The van der Waals surface area contributed by atoms with Crippen molar-refractivity contribution in [3.8, 4) is 11.4 Å². The van der Waals surface area contributed by atoms with Crippen LogP contribution in [0.4, 0.5) is 0 Å². The van der Waals surface area contributed by atoms with Crippen molar-refractivity contribution in [2.24, 2.45) is 7.05 Å². The summed E-state index contributed by atoms with van der Waals surface area (Å²) in [6.45, 7) is -0.0314. The lowest BCUT2D eigenvalue weighted by molar-refractivity contribution is -0.123. The van der Waals surface area contributed by atoms with E-state index in [0.717, 1.165) is 30.5 Å². The van der Waals surface area contributed by atoms with Crippen LogP contribution in [0.15, 0.2) is 36.8 Å². The molecule has 0 bridgehead atoms. The van der Waals surface area contributed by atoms with E-state index >= 15 is 0 Å². The molecule has 9 nitrogen and oxygen atoms in total. The molecule has 1 aliphatic rings. The van der Waals surface area contributed by atoms with Gasteiger partial charge in [0.05, 0.1) is 17.9 Å². The van der Waals surface area contributed by atoms with Crippen LogP contribution >= 0.6 is 0 Å². The standard InChI is InChI=1S/C17H19N7O2/c1-23-16-4-2-3-15(14(16)9-19-23)20-17(25)10-26-13-7-5-12(6-8-13)24-11-18-21-22-24/h5-9,11,15H,2-4,10H2,1H3,(H,20,25)/t15-/m0/s1. The predicted molar refractivity (Wildman–Crippen MR) is 91.7 cm³/mol. The zero-order chi connectivity index (χ0) is 17.9. The topological polar surface area (TPSA) is 99.8 Å². The number of hydrogen-bond donors (Lipinski definition) is 1. The first-order valence-electron chi connectivity index (χ1n) is 8.47. The molecule has 2 heterocycles. The van der Waals surface area contributed by atoms with Crippen molar-refractivity contribution >= 4 is 5.91 Å². The quantitative estimate of drug-likeness (QED) is 0.734. The number of nitrogens with zero attached hydrogens (tertiary/aromatic N) is 6. The summed E-state index contributed by atoms with van der Waals surface area (Å²) in [6, 6.07) is 7.22. The predicted octanol–water partition coefficient (Wildman–Crippen LogP) is 0.968. The normalized spacial score (nSPS) is 16.1. The summed E-state index contributed by atoms with van der Waals surface area (Å²) in [5, 5.41) is 18.4. The molecule has 1 atom stereocenters. The van der Waals surface area contributed by atoms with Crippen molar-refractivity contribution in [3.63, 3.8) is 0 Å². The molecule has 26 heavy (non-hydrogen) atoms. The van der Waals surface area contributed by atoms with Crippen molar-refractivity contribution in [1.82, 2.24) is 35.3 Å². The van der Waals surface area contributed by atoms with E-state index in [4.69, 9.17) is 4.74 Å². The van der Waals surface area contributed by atoms with Gasteiger partial charge in [0, 0.05) is 18.3 Å². The highest BCUT2D eigenvalue weighted by atomic mass is 16.5. The Balaban J connectivity index is 1.33. The number of rotatable bonds is 5. The van der Waals surface area contributed by atoms with Gasteiger partial charge in [-0.2, -0.15) is 5.10 Å². The molecule has 1 amide bonds. The van der Waals surface area contributed by atoms with E-state index in [1.165, 1.54) is 12.0 Å². The number of aryl methyl sites for hydroxylation is 1. The van der Waals surface area contributed by atoms with E-state index in [9.17, 15) is 4.79 Å². The highest BCUT2D eigenvalue weighted by molar-refractivity contribution is 5.78. The zero-order valence-electron chi connectivity index (χ0n) is 14.4. The molecule has 134 valence electrons. The number of amides is 1. The number of nitrogens with one attached hydrogen (secondary N) is 1. The van der Waals surface area contributed by atoms with Crippen LogP contribution in [-0.2, 0) is 18.3 Å². The summed E-state index contributed by atoms with van der Waals surface area (Å²) in [5.41, 5.74) is 3.12. The maximum Gasteiger partial charge on any atom is 0.258 e.